The molecule has 3 heterocycles. The molecular weight excluding hydrogens is 290 g/mol. The third-order valence-electron chi connectivity index (χ3n) is 4.20. The molecule has 23 heavy (non-hydrogen) atoms. The van der Waals surface area contributed by atoms with Crippen LogP contribution in [-0.4, -0.2) is 51.6 Å². The van der Waals surface area contributed by atoms with Crippen LogP contribution >= 0.6 is 0 Å². The number of amides is 1. The molecule has 116 valence electrons. The van der Waals surface area contributed by atoms with E-state index in [-0.39, 0.29) is 5.91 Å². The molecule has 3 aromatic rings. The number of para-hydroxylation sites is 1. The normalized spacial score (nSPS) is 15.1. The van der Waals surface area contributed by atoms with Crippen LogP contribution in [0.25, 0.3) is 5.65 Å². The van der Waals surface area contributed by atoms with E-state index in [1.54, 1.807) is 29.0 Å². The lowest BCUT2D eigenvalue weighted by Crippen LogP contribution is -2.49. The fraction of sp³-hybridized carbons (Fsp3) is 0.235. The molecular formula is C17H17N5O. The summed E-state index contributed by atoms with van der Waals surface area (Å²) in [4.78, 5) is 21.2. The first-order valence-electron chi connectivity index (χ1n) is 7.71. The minimum absolute atomic E-state index is 0.00816. The summed E-state index contributed by atoms with van der Waals surface area (Å²) in [5.74, 6) is 0.00816. The Morgan fingerprint density at radius 3 is 2.48 bits per heavy atom. The smallest absolute Gasteiger partial charge is 0.272 e. The Labute approximate surface area is 134 Å². The third kappa shape index (κ3) is 2.52. The van der Waals surface area contributed by atoms with Crippen molar-refractivity contribution in [3.63, 3.8) is 0 Å². The number of piperazine rings is 1. The molecule has 0 radical (unpaired) electrons. The Morgan fingerprint density at radius 2 is 1.70 bits per heavy atom. The van der Waals surface area contributed by atoms with Crippen molar-refractivity contribution in [1.29, 1.82) is 0 Å². The SMILES string of the molecule is O=C(c1ccnc2ccnn12)N1CCN(c2ccccc2)CC1. The second-order valence-electron chi connectivity index (χ2n) is 5.55. The zero-order chi connectivity index (χ0) is 15.6. The van der Waals surface area contributed by atoms with Gasteiger partial charge in [0.2, 0.25) is 0 Å². The predicted molar refractivity (Wildman–Crippen MR) is 87.5 cm³/mol. The summed E-state index contributed by atoms with van der Waals surface area (Å²) in [5.41, 5.74) is 2.46. The van der Waals surface area contributed by atoms with Crippen LogP contribution in [0.2, 0.25) is 0 Å². The predicted octanol–water partition coefficient (Wildman–Crippen LogP) is 1.69. The van der Waals surface area contributed by atoms with Crippen molar-refractivity contribution in [2.45, 2.75) is 0 Å². The maximum atomic E-state index is 12.8. The second kappa shape index (κ2) is 5.72. The van der Waals surface area contributed by atoms with Crippen molar-refractivity contribution in [1.82, 2.24) is 19.5 Å². The number of nitrogens with zero attached hydrogens (tertiary/aromatic N) is 5. The summed E-state index contributed by atoms with van der Waals surface area (Å²) < 4.78 is 1.60. The van der Waals surface area contributed by atoms with Gasteiger partial charge in [-0.05, 0) is 18.2 Å². The van der Waals surface area contributed by atoms with E-state index in [1.165, 1.54) is 5.69 Å². The first-order chi connectivity index (χ1) is 11.3. The van der Waals surface area contributed by atoms with Crippen LogP contribution in [0.1, 0.15) is 10.5 Å². The molecule has 2 aromatic heterocycles. The molecule has 0 bridgehead atoms. The molecule has 1 aromatic carbocycles. The van der Waals surface area contributed by atoms with E-state index >= 15 is 0 Å². The van der Waals surface area contributed by atoms with Crippen molar-refractivity contribution >= 4 is 17.2 Å². The summed E-state index contributed by atoms with van der Waals surface area (Å²) in [6, 6.07) is 13.8. The first-order valence-corrected chi connectivity index (χ1v) is 7.71. The monoisotopic (exact) mass is 307 g/mol. The molecule has 0 aliphatic carbocycles. The lowest BCUT2D eigenvalue weighted by Gasteiger charge is -2.36. The van der Waals surface area contributed by atoms with Gasteiger partial charge in [0, 0.05) is 44.1 Å². The average Bonchev–Trinajstić information content (AvgIpc) is 3.11. The number of aromatic nitrogens is 3. The van der Waals surface area contributed by atoms with Crippen molar-refractivity contribution in [2.24, 2.45) is 0 Å². The number of anilines is 1. The van der Waals surface area contributed by atoms with Gasteiger partial charge in [0.25, 0.3) is 5.91 Å². The Kier molecular flexibility index (Phi) is 3.42. The Balaban J connectivity index is 1.50. The van der Waals surface area contributed by atoms with E-state index in [2.05, 4.69) is 27.1 Å². The number of carbonyl (C=O) groups excluding carboxylic acids is 1. The van der Waals surface area contributed by atoms with Gasteiger partial charge in [-0.1, -0.05) is 18.2 Å². The second-order valence-corrected chi connectivity index (χ2v) is 5.55. The Morgan fingerprint density at radius 1 is 0.913 bits per heavy atom. The topological polar surface area (TPSA) is 53.7 Å². The molecule has 1 aliphatic rings. The van der Waals surface area contributed by atoms with Crippen LogP contribution < -0.4 is 4.90 Å². The van der Waals surface area contributed by atoms with Crippen LogP contribution in [-0.2, 0) is 0 Å². The lowest BCUT2D eigenvalue weighted by atomic mass is 10.2. The Bertz CT molecular complexity index is 821. The lowest BCUT2D eigenvalue weighted by molar-refractivity contribution is 0.0738. The van der Waals surface area contributed by atoms with Crippen LogP contribution in [0.3, 0.4) is 0 Å². The minimum Gasteiger partial charge on any atom is -0.368 e. The highest BCUT2D eigenvalue weighted by molar-refractivity contribution is 5.93. The largest absolute Gasteiger partial charge is 0.368 e. The molecule has 1 aliphatic heterocycles. The first kappa shape index (κ1) is 13.8. The molecule has 0 spiro atoms. The van der Waals surface area contributed by atoms with Crippen molar-refractivity contribution < 1.29 is 4.79 Å². The maximum Gasteiger partial charge on any atom is 0.272 e. The van der Waals surface area contributed by atoms with Crippen LogP contribution in [0.4, 0.5) is 5.69 Å². The van der Waals surface area contributed by atoms with E-state index in [0.29, 0.717) is 24.4 Å². The van der Waals surface area contributed by atoms with Gasteiger partial charge in [-0.15, -0.1) is 0 Å². The molecule has 1 fully saturated rings. The van der Waals surface area contributed by atoms with Crippen molar-refractivity contribution in [2.75, 3.05) is 31.1 Å². The number of fused-ring (bicyclic) bond motifs is 1. The summed E-state index contributed by atoms with van der Waals surface area (Å²) in [6.07, 6.45) is 3.32. The molecule has 0 saturated carbocycles. The minimum atomic E-state index is 0.00816. The molecule has 0 atom stereocenters. The molecule has 0 unspecified atom stereocenters. The third-order valence-corrected chi connectivity index (χ3v) is 4.20. The fourth-order valence-electron chi connectivity index (χ4n) is 2.97. The van der Waals surface area contributed by atoms with Gasteiger partial charge in [-0.25, -0.2) is 9.50 Å². The summed E-state index contributed by atoms with van der Waals surface area (Å²) in [6.45, 7) is 3.09. The zero-order valence-corrected chi connectivity index (χ0v) is 12.7. The van der Waals surface area contributed by atoms with E-state index < -0.39 is 0 Å². The molecule has 1 saturated heterocycles. The summed E-state index contributed by atoms with van der Waals surface area (Å²) in [7, 11) is 0. The van der Waals surface area contributed by atoms with E-state index in [4.69, 9.17) is 0 Å². The molecule has 0 N–H and O–H groups in total. The van der Waals surface area contributed by atoms with Gasteiger partial charge in [0.1, 0.15) is 5.69 Å². The molecule has 1 amide bonds. The summed E-state index contributed by atoms with van der Waals surface area (Å²) in [5, 5.41) is 4.19. The highest BCUT2D eigenvalue weighted by atomic mass is 16.2. The average molecular weight is 307 g/mol. The zero-order valence-electron chi connectivity index (χ0n) is 12.7. The van der Waals surface area contributed by atoms with Gasteiger partial charge >= 0.3 is 0 Å². The van der Waals surface area contributed by atoms with Gasteiger partial charge in [-0.2, -0.15) is 5.10 Å². The fourth-order valence-corrected chi connectivity index (χ4v) is 2.97. The number of carbonyl (C=O) groups is 1. The molecule has 6 heteroatoms. The highest BCUT2D eigenvalue weighted by Gasteiger charge is 2.24. The van der Waals surface area contributed by atoms with Gasteiger partial charge in [0.15, 0.2) is 5.65 Å². The number of rotatable bonds is 2. The number of hydrogen-bond donors (Lipinski definition) is 0. The van der Waals surface area contributed by atoms with Gasteiger partial charge in [0.05, 0.1) is 6.20 Å². The van der Waals surface area contributed by atoms with E-state index in [9.17, 15) is 4.79 Å². The van der Waals surface area contributed by atoms with Crippen LogP contribution in [0, 0.1) is 0 Å². The van der Waals surface area contributed by atoms with Crippen LogP contribution in [0.5, 0.6) is 0 Å². The van der Waals surface area contributed by atoms with Crippen molar-refractivity contribution in [3.8, 4) is 0 Å². The van der Waals surface area contributed by atoms with Crippen molar-refractivity contribution in [3.05, 3.63) is 60.6 Å². The van der Waals surface area contributed by atoms with Gasteiger partial charge in [-0.3, -0.25) is 4.79 Å². The van der Waals surface area contributed by atoms with E-state index in [0.717, 1.165) is 13.1 Å². The van der Waals surface area contributed by atoms with E-state index in [1.807, 2.05) is 23.1 Å². The standard InChI is InChI=1S/C17H17N5O/c23-17(15-6-8-18-16-7-9-19-22(15)16)21-12-10-20(11-13-21)14-4-2-1-3-5-14/h1-9H,10-13H2. The highest BCUT2D eigenvalue weighted by Crippen LogP contribution is 2.17. The van der Waals surface area contributed by atoms with Crippen LogP contribution in [0.15, 0.2) is 54.9 Å². The maximum absolute atomic E-state index is 12.8. The molecule has 4 rings (SSSR count). The number of hydrogen-bond acceptors (Lipinski definition) is 4. The summed E-state index contributed by atoms with van der Waals surface area (Å²) >= 11 is 0. The number of benzene rings is 1. The quantitative estimate of drug-likeness (QED) is 0.723. The Hall–Kier alpha value is -2.89. The van der Waals surface area contributed by atoms with Gasteiger partial charge < -0.3 is 9.80 Å². The molecule has 6 nitrogen and oxygen atoms in total.